The lowest BCUT2D eigenvalue weighted by molar-refractivity contribution is -0.235. The molecule has 0 aliphatic heterocycles. The smallest absolute Gasteiger partial charge is 0.0698 e. The summed E-state index contributed by atoms with van der Waals surface area (Å²) in [6.45, 7) is 9.45. The normalized spacial score (nSPS) is 16.7. The fourth-order valence-electron chi connectivity index (χ4n) is 2.76. The third-order valence-electron chi connectivity index (χ3n) is 4.52. The van der Waals surface area contributed by atoms with E-state index in [1.807, 2.05) is 20.8 Å². The highest BCUT2D eigenvalue weighted by Gasteiger charge is 2.36. The van der Waals surface area contributed by atoms with Crippen molar-refractivity contribution in [3.63, 3.8) is 0 Å². The van der Waals surface area contributed by atoms with Crippen LogP contribution in [0.2, 0.25) is 0 Å². The summed E-state index contributed by atoms with van der Waals surface area (Å²) in [4.78, 5) is 3.83. The van der Waals surface area contributed by atoms with Gasteiger partial charge in [0.1, 0.15) is 0 Å². The maximum atomic E-state index is 12.2. The van der Waals surface area contributed by atoms with Crippen LogP contribution in [0.15, 0.2) is 4.99 Å². The molecule has 0 fully saturated rings. The van der Waals surface area contributed by atoms with Crippen LogP contribution in [0, 0.1) is 11.3 Å². The van der Waals surface area contributed by atoms with Gasteiger partial charge in [0.2, 0.25) is 0 Å². The van der Waals surface area contributed by atoms with Gasteiger partial charge in [0.25, 0.3) is 0 Å². The van der Waals surface area contributed by atoms with Gasteiger partial charge in [-0.25, -0.2) is 0 Å². The van der Waals surface area contributed by atoms with Gasteiger partial charge in [-0.15, -0.1) is 0 Å². The summed E-state index contributed by atoms with van der Waals surface area (Å²) < 4.78 is 17.1. The maximum Gasteiger partial charge on any atom is 0.0698 e. The highest BCUT2D eigenvalue weighted by atomic mass is 16.5. The van der Waals surface area contributed by atoms with E-state index in [4.69, 9.17) is 14.2 Å². The molecular weight excluding hydrogens is 322 g/mol. The highest BCUT2D eigenvalue weighted by molar-refractivity contribution is 5.75. The fraction of sp³-hybridized carbons (Fsp3) is 0.947. The molecule has 150 valence electrons. The van der Waals surface area contributed by atoms with Crippen molar-refractivity contribution < 1.29 is 24.4 Å². The van der Waals surface area contributed by atoms with E-state index in [0.717, 1.165) is 19.3 Å². The third kappa shape index (κ3) is 8.49. The topological polar surface area (TPSA) is 83.3 Å². The van der Waals surface area contributed by atoms with Gasteiger partial charge in [0.15, 0.2) is 0 Å². The molecule has 0 aliphatic rings. The van der Waals surface area contributed by atoms with Gasteiger partial charge in [-0.05, 0) is 32.6 Å². The van der Waals surface area contributed by atoms with Crippen molar-refractivity contribution in [2.24, 2.45) is 16.3 Å². The zero-order chi connectivity index (χ0) is 19.3. The van der Waals surface area contributed by atoms with Gasteiger partial charge < -0.3 is 29.4 Å². The highest BCUT2D eigenvalue weighted by Crippen LogP contribution is 2.29. The first-order valence-corrected chi connectivity index (χ1v) is 9.27. The fourth-order valence-corrected chi connectivity index (χ4v) is 2.76. The maximum absolute atomic E-state index is 12.2. The Hall–Kier alpha value is -0.690. The first-order valence-electron chi connectivity index (χ1n) is 9.27. The van der Waals surface area contributed by atoms with Crippen molar-refractivity contribution >= 4 is 5.90 Å². The van der Waals surface area contributed by atoms with Crippen molar-refractivity contribution in [1.82, 2.24) is 0 Å². The average molecular weight is 361 g/mol. The molecule has 0 aromatic heterocycles. The van der Waals surface area contributed by atoms with Gasteiger partial charge >= 0.3 is 0 Å². The van der Waals surface area contributed by atoms with Gasteiger partial charge in [-0.3, -0.25) is 0 Å². The number of aliphatic imine (C=N–C) groups is 1. The summed E-state index contributed by atoms with van der Waals surface area (Å²) in [5.41, 5.74) is -1.31. The molecule has 2 unspecified atom stereocenters. The van der Waals surface area contributed by atoms with Crippen LogP contribution < -0.4 is 5.11 Å². The Bertz CT molecular complexity index is 373. The van der Waals surface area contributed by atoms with E-state index in [2.05, 4.69) is 11.9 Å². The SMILES string of the molecule is CCCCOCC(CO)(COC)COC(C)(C)C(CCC)C([O-])=NC. The Morgan fingerprint density at radius 2 is 1.84 bits per heavy atom. The largest absolute Gasteiger partial charge is 0.862 e. The number of aliphatic hydroxyl groups is 1. The van der Waals surface area contributed by atoms with E-state index in [1.54, 1.807) is 7.11 Å². The third-order valence-corrected chi connectivity index (χ3v) is 4.52. The molecule has 6 heteroatoms. The van der Waals surface area contributed by atoms with Crippen molar-refractivity contribution in [2.45, 2.75) is 59.0 Å². The van der Waals surface area contributed by atoms with E-state index in [-0.39, 0.29) is 25.0 Å². The number of methoxy groups -OCH3 is 1. The lowest BCUT2D eigenvalue weighted by atomic mass is 9.85. The Morgan fingerprint density at radius 3 is 2.32 bits per heavy atom. The summed E-state index contributed by atoms with van der Waals surface area (Å²) >= 11 is 0. The number of unbranched alkanes of at least 4 members (excludes halogenated alkanes) is 1. The molecule has 0 rings (SSSR count). The zero-order valence-electron chi connectivity index (χ0n) is 17.0. The Kier molecular flexibility index (Phi) is 12.3. The van der Waals surface area contributed by atoms with Crippen LogP contribution in [0.1, 0.15) is 53.4 Å². The number of hydrogen-bond donors (Lipinski definition) is 1. The van der Waals surface area contributed by atoms with Gasteiger partial charge in [-0.1, -0.05) is 26.7 Å². The Morgan fingerprint density at radius 1 is 1.16 bits per heavy atom. The predicted octanol–water partition coefficient (Wildman–Crippen LogP) is 2.03. The van der Waals surface area contributed by atoms with E-state index in [9.17, 15) is 10.2 Å². The standard InChI is InChI=1S/C19H39NO5/c1-7-9-11-24-14-19(12-21,13-23-6)15-25-18(3,4)16(10-8-2)17(22)20-5/h16,21H,7-15H2,1-6H3,(H,20,22)/p-1. The second kappa shape index (κ2) is 12.6. The van der Waals surface area contributed by atoms with E-state index < -0.39 is 11.0 Å². The molecule has 0 bridgehead atoms. The zero-order valence-corrected chi connectivity index (χ0v) is 17.0. The molecular formula is C19H38NO5-. The number of rotatable bonds is 15. The van der Waals surface area contributed by atoms with Crippen LogP contribution in [0.3, 0.4) is 0 Å². The van der Waals surface area contributed by atoms with E-state index >= 15 is 0 Å². The molecule has 0 heterocycles. The summed E-state index contributed by atoms with van der Waals surface area (Å²) in [7, 11) is 3.12. The van der Waals surface area contributed by atoms with Crippen LogP contribution in [0.25, 0.3) is 0 Å². The first-order chi connectivity index (χ1) is 11.8. The molecule has 1 N–H and O–H groups in total. The summed E-state index contributed by atoms with van der Waals surface area (Å²) in [5, 5.41) is 22.1. The predicted molar refractivity (Wildman–Crippen MR) is 98.9 cm³/mol. The molecule has 0 saturated heterocycles. The molecule has 6 nitrogen and oxygen atoms in total. The minimum Gasteiger partial charge on any atom is -0.862 e. The number of ether oxygens (including phenoxy) is 3. The molecule has 25 heavy (non-hydrogen) atoms. The number of nitrogens with zero attached hydrogens (tertiary/aromatic N) is 1. The molecule has 2 atom stereocenters. The molecule has 0 aromatic rings. The average Bonchev–Trinajstić information content (AvgIpc) is 2.60. The summed E-state index contributed by atoms with van der Waals surface area (Å²) in [6, 6.07) is 0. The van der Waals surface area contributed by atoms with Gasteiger partial charge in [0, 0.05) is 26.7 Å². The van der Waals surface area contributed by atoms with Crippen molar-refractivity contribution in [3.05, 3.63) is 0 Å². The molecule has 0 aliphatic carbocycles. The summed E-state index contributed by atoms with van der Waals surface area (Å²) in [5.74, 6) is -0.449. The lowest BCUT2D eigenvalue weighted by Crippen LogP contribution is -2.48. The number of hydrogen-bond acceptors (Lipinski definition) is 6. The second-order valence-electron chi connectivity index (χ2n) is 7.29. The molecule has 0 aromatic carbocycles. The number of aliphatic hydroxyl groups excluding tert-OH is 1. The molecule has 0 radical (unpaired) electrons. The quantitative estimate of drug-likeness (QED) is 0.274. The minimum atomic E-state index is -0.676. The van der Waals surface area contributed by atoms with Crippen LogP contribution in [-0.4, -0.2) is 63.8 Å². The van der Waals surface area contributed by atoms with Crippen LogP contribution in [0.4, 0.5) is 0 Å². The first kappa shape index (κ1) is 24.3. The van der Waals surface area contributed by atoms with Gasteiger partial charge in [-0.2, -0.15) is 0 Å². The molecule has 0 saturated carbocycles. The van der Waals surface area contributed by atoms with Crippen molar-refractivity contribution in [3.8, 4) is 0 Å². The second-order valence-corrected chi connectivity index (χ2v) is 7.29. The van der Waals surface area contributed by atoms with Crippen molar-refractivity contribution in [1.29, 1.82) is 0 Å². The molecule has 0 amide bonds. The van der Waals surface area contributed by atoms with E-state index in [0.29, 0.717) is 26.2 Å². The minimum absolute atomic E-state index is 0.104. The molecule has 0 spiro atoms. The van der Waals surface area contributed by atoms with Crippen LogP contribution in [-0.2, 0) is 14.2 Å². The Labute approximate surface area is 153 Å². The Balaban J connectivity index is 5.02. The monoisotopic (exact) mass is 360 g/mol. The van der Waals surface area contributed by atoms with Crippen molar-refractivity contribution in [2.75, 3.05) is 47.2 Å². The summed E-state index contributed by atoms with van der Waals surface area (Å²) in [6.07, 6.45) is 3.63. The van der Waals surface area contributed by atoms with Crippen LogP contribution in [0.5, 0.6) is 0 Å². The van der Waals surface area contributed by atoms with E-state index in [1.165, 1.54) is 7.05 Å². The van der Waals surface area contributed by atoms with Crippen LogP contribution >= 0.6 is 0 Å². The lowest BCUT2D eigenvalue weighted by Gasteiger charge is -2.41. The van der Waals surface area contributed by atoms with Gasteiger partial charge in [0.05, 0.1) is 37.4 Å².